The molecule has 0 radical (unpaired) electrons. The normalized spacial score (nSPS) is 13.7. The second-order valence-electron chi connectivity index (χ2n) is 2.70. The molecule has 0 fully saturated rings. The molecule has 0 unspecified atom stereocenters. The molecule has 10 heavy (non-hydrogen) atoms. The topological polar surface area (TPSA) is 40.5 Å². The van der Waals surface area contributed by atoms with Crippen molar-refractivity contribution in [2.24, 2.45) is 0 Å². The fourth-order valence-corrected chi connectivity index (χ4v) is 5.29. The minimum absolute atomic E-state index is 0.112. The van der Waals surface area contributed by atoms with Crippen molar-refractivity contribution < 1.29 is 9.79 Å². The summed E-state index contributed by atoms with van der Waals surface area (Å²) in [4.78, 5) is 17.9. The van der Waals surface area contributed by atoms with Gasteiger partial charge >= 0.3 is 0 Å². The molecule has 62 valence electrons. The fourth-order valence-electron chi connectivity index (χ4n) is 0.386. The molecule has 0 saturated carbocycles. The predicted octanol–water partition coefficient (Wildman–Crippen LogP) is 2.12. The van der Waals surface area contributed by atoms with Gasteiger partial charge < -0.3 is 9.79 Å². The average molecular weight is 200 g/mol. The summed E-state index contributed by atoms with van der Waals surface area (Å²) in [6, 6.07) is 0. The Hall–Kier alpha value is 0.920. The molecule has 2 nitrogen and oxygen atoms in total. The van der Waals surface area contributed by atoms with E-state index in [9.17, 15) is 0 Å². The first-order valence-electron chi connectivity index (χ1n) is 3.03. The molecule has 0 aromatic rings. The summed E-state index contributed by atoms with van der Waals surface area (Å²) in [6.07, 6.45) is 0.886. The summed E-state index contributed by atoms with van der Waals surface area (Å²) in [6.45, 7) is 5.90. The Morgan fingerprint density at radius 3 is 2.00 bits per heavy atom. The van der Waals surface area contributed by atoms with Crippen molar-refractivity contribution >= 4 is 28.9 Å². The maximum absolute atomic E-state index is 8.93. The second-order valence-corrected chi connectivity index (χ2v) is 9.26. The molecule has 0 aromatic heterocycles. The van der Waals surface area contributed by atoms with Crippen LogP contribution in [0.3, 0.4) is 0 Å². The first kappa shape index (κ1) is 10.9. The summed E-state index contributed by atoms with van der Waals surface area (Å²) in [5.41, 5.74) is -3.05. The lowest BCUT2D eigenvalue weighted by molar-refractivity contribution is 0.500. The van der Waals surface area contributed by atoms with Gasteiger partial charge in [-0.1, -0.05) is 32.2 Å². The van der Waals surface area contributed by atoms with Gasteiger partial charge in [0.05, 0.1) is 0 Å². The van der Waals surface area contributed by atoms with Crippen LogP contribution in [-0.2, 0) is 11.8 Å². The standard InChI is InChI=1S/C5H13O2PS2/c1-4-5(2,3)10-8(6,7)9/h4H2,1-3H3,(H2,6,7,9). The van der Waals surface area contributed by atoms with Crippen LogP contribution in [0.15, 0.2) is 0 Å². The van der Waals surface area contributed by atoms with Gasteiger partial charge in [-0.05, 0) is 18.2 Å². The highest BCUT2D eigenvalue weighted by Crippen LogP contribution is 2.57. The van der Waals surface area contributed by atoms with E-state index in [2.05, 4.69) is 11.8 Å². The van der Waals surface area contributed by atoms with E-state index in [1.807, 2.05) is 20.8 Å². The smallest absolute Gasteiger partial charge is 0.242 e. The molecule has 0 heterocycles. The lowest BCUT2D eigenvalue weighted by Gasteiger charge is -2.23. The van der Waals surface area contributed by atoms with Crippen molar-refractivity contribution in [2.75, 3.05) is 0 Å². The van der Waals surface area contributed by atoms with Gasteiger partial charge in [0.25, 0.3) is 0 Å². The molecule has 2 N–H and O–H groups in total. The van der Waals surface area contributed by atoms with Crippen LogP contribution in [0, 0.1) is 0 Å². The van der Waals surface area contributed by atoms with E-state index in [0.717, 1.165) is 17.8 Å². The summed E-state index contributed by atoms with van der Waals surface area (Å²) in [5, 5.41) is 0. The summed E-state index contributed by atoms with van der Waals surface area (Å²) >= 11 is 5.58. The van der Waals surface area contributed by atoms with E-state index in [1.165, 1.54) is 0 Å². The van der Waals surface area contributed by atoms with Gasteiger partial charge in [-0.2, -0.15) is 0 Å². The highest BCUT2D eigenvalue weighted by Gasteiger charge is 2.23. The van der Waals surface area contributed by atoms with Crippen molar-refractivity contribution in [2.45, 2.75) is 31.9 Å². The molecule has 0 aliphatic rings. The van der Waals surface area contributed by atoms with Gasteiger partial charge in [0, 0.05) is 4.75 Å². The van der Waals surface area contributed by atoms with Gasteiger partial charge in [-0.25, -0.2) is 0 Å². The molecule has 0 aliphatic heterocycles. The van der Waals surface area contributed by atoms with Crippen molar-refractivity contribution in [3.8, 4) is 0 Å². The van der Waals surface area contributed by atoms with Crippen LogP contribution in [0.4, 0.5) is 0 Å². The molecular weight excluding hydrogens is 187 g/mol. The highest BCUT2D eigenvalue weighted by molar-refractivity contribution is 8.67. The van der Waals surface area contributed by atoms with Crippen LogP contribution >= 0.6 is 17.1 Å². The van der Waals surface area contributed by atoms with E-state index in [1.54, 1.807) is 0 Å². The number of rotatable bonds is 3. The quantitative estimate of drug-likeness (QED) is 0.685. The first-order chi connectivity index (χ1) is 4.27. The number of hydrogen-bond donors (Lipinski definition) is 2. The van der Waals surface area contributed by atoms with Crippen molar-refractivity contribution in [3.05, 3.63) is 0 Å². The van der Waals surface area contributed by atoms with Gasteiger partial charge in [0.1, 0.15) is 0 Å². The zero-order valence-corrected chi connectivity index (χ0v) is 8.89. The second kappa shape index (κ2) is 3.55. The van der Waals surface area contributed by atoms with Gasteiger partial charge in [-0.3, -0.25) is 0 Å². The third kappa shape index (κ3) is 5.69. The third-order valence-corrected chi connectivity index (χ3v) is 5.11. The SMILES string of the molecule is CCC(C)(C)SP(O)(O)=S. The zero-order valence-electron chi connectivity index (χ0n) is 6.37. The lowest BCUT2D eigenvalue weighted by atomic mass is 10.1. The molecular formula is C5H13O2PS2. The van der Waals surface area contributed by atoms with E-state index < -0.39 is 5.69 Å². The van der Waals surface area contributed by atoms with Gasteiger partial charge in [-0.15, -0.1) is 0 Å². The Balaban J connectivity index is 4.02. The Morgan fingerprint density at radius 1 is 1.50 bits per heavy atom. The van der Waals surface area contributed by atoms with Crippen LogP contribution in [-0.4, -0.2) is 14.5 Å². The summed E-state index contributed by atoms with van der Waals surface area (Å²) < 4.78 is -0.112. The number of hydrogen-bond acceptors (Lipinski definition) is 2. The van der Waals surface area contributed by atoms with Crippen LogP contribution in [0.5, 0.6) is 0 Å². The molecule has 0 aliphatic carbocycles. The fraction of sp³-hybridized carbons (Fsp3) is 1.00. The molecule has 0 aromatic carbocycles. The maximum atomic E-state index is 8.93. The van der Waals surface area contributed by atoms with Crippen LogP contribution in [0.25, 0.3) is 0 Å². The minimum atomic E-state index is -3.05. The molecule has 5 heteroatoms. The van der Waals surface area contributed by atoms with Crippen LogP contribution in [0.2, 0.25) is 0 Å². The van der Waals surface area contributed by atoms with E-state index in [4.69, 9.17) is 9.79 Å². The molecule has 0 bridgehead atoms. The molecule has 0 amide bonds. The lowest BCUT2D eigenvalue weighted by Crippen LogP contribution is -2.11. The third-order valence-electron chi connectivity index (χ3n) is 1.22. The molecule has 0 saturated heterocycles. The Morgan fingerprint density at radius 2 is 1.90 bits per heavy atom. The molecule has 0 rings (SSSR count). The van der Waals surface area contributed by atoms with E-state index >= 15 is 0 Å². The first-order valence-corrected chi connectivity index (χ1v) is 7.16. The Bertz CT molecular complexity index is 152. The zero-order chi connectivity index (χ0) is 8.41. The minimum Gasteiger partial charge on any atom is -0.338 e. The van der Waals surface area contributed by atoms with Crippen LogP contribution < -0.4 is 0 Å². The van der Waals surface area contributed by atoms with Gasteiger partial charge in [0.2, 0.25) is 5.69 Å². The van der Waals surface area contributed by atoms with Crippen molar-refractivity contribution in [3.63, 3.8) is 0 Å². The largest absolute Gasteiger partial charge is 0.338 e. The van der Waals surface area contributed by atoms with Gasteiger partial charge in [0.15, 0.2) is 0 Å². The van der Waals surface area contributed by atoms with Crippen molar-refractivity contribution in [1.82, 2.24) is 0 Å². The van der Waals surface area contributed by atoms with E-state index in [0.29, 0.717) is 0 Å². The molecule has 0 spiro atoms. The Kier molecular flexibility index (Phi) is 3.87. The predicted molar refractivity (Wildman–Crippen MR) is 50.7 cm³/mol. The summed E-state index contributed by atoms with van der Waals surface area (Å²) in [7, 11) is 0. The van der Waals surface area contributed by atoms with Crippen LogP contribution in [0.1, 0.15) is 27.2 Å². The van der Waals surface area contributed by atoms with Crippen molar-refractivity contribution in [1.29, 1.82) is 0 Å². The molecule has 0 atom stereocenters. The average Bonchev–Trinajstić information content (AvgIpc) is 1.60. The van der Waals surface area contributed by atoms with E-state index in [-0.39, 0.29) is 4.75 Å². The maximum Gasteiger partial charge on any atom is 0.242 e. The monoisotopic (exact) mass is 200 g/mol. The Labute approximate surface area is 71.0 Å². The summed E-state index contributed by atoms with van der Waals surface area (Å²) in [5.74, 6) is 0. The highest BCUT2D eigenvalue weighted by atomic mass is 32.9.